The highest BCUT2D eigenvalue weighted by Gasteiger charge is 2.13. The number of nitrogens with two attached hydrogens (primary N) is 1. The van der Waals surface area contributed by atoms with Crippen molar-refractivity contribution in [2.24, 2.45) is 0 Å². The first-order valence-corrected chi connectivity index (χ1v) is 6.37. The highest BCUT2D eigenvalue weighted by molar-refractivity contribution is 8.15. The number of rotatable bonds is 3. The van der Waals surface area contributed by atoms with Crippen molar-refractivity contribution in [1.82, 2.24) is 0 Å². The monoisotopic (exact) mass is 217 g/mol. The van der Waals surface area contributed by atoms with Crippen molar-refractivity contribution >= 4 is 29.2 Å². The lowest BCUT2D eigenvalue weighted by Crippen LogP contribution is -1.99. The Morgan fingerprint density at radius 1 is 1.31 bits per heavy atom. The van der Waals surface area contributed by atoms with E-state index in [4.69, 9.17) is 5.73 Å². The molecule has 0 atom stereocenters. The highest BCUT2D eigenvalue weighted by atomic mass is 32.2. The van der Waals surface area contributed by atoms with Gasteiger partial charge in [-0.25, -0.2) is 4.39 Å². The van der Waals surface area contributed by atoms with Gasteiger partial charge in [0.2, 0.25) is 0 Å². The number of thioether (sulfide) groups is 2. The molecule has 0 aromatic heterocycles. The molecule has 1 nitrogen and oxygen atoms in total. The van der Waals surface area contributed by atoms with Crippen molar-refractivity contribution in [1.29, 1.82) is 0 Å². The second kappa shape index (κ2) is 4.77. The molecular formula is C9H12FNS2. The van der Waals surface area contributed by atoms with Crippen LogP contribution < -0.4 is 5.73 Å². The molecule has 72 valence electrons. The van der Waals surface area contributed by atoms with Crippen LogP contribution in [-0.2, 0) is 0 Å². The molecule has 0 radical (unpaired) electrons. The molecule has 0 unspecified atom stereocenters. The van der Waals surface area contributed by atoms with Crippen LogP contribution >= 0.6 is 23.5 Å². The first kappa shape index (κ1) is 10.7. The van der Waals surface area contributed by atoms with E-state index >= 15 is 0 Å². The number of halogens is 1. The third-order valence-electron chi connectivity index (χ3n) is 1.77. The standard InChI is InChI=1S/C9H12FNS2/c1-12-9(13-2)6-4-3-5-7(10)8(6)11/h3-5,9H,11H2,1-2H3. The summed E-state index contributed by atoms with van der Waals surface area (Å²) in [5, 5.41) is 0. The minimum atomic E-state index is -0.328. The van der Waals surface area contributed by atoms with Gasteiger partial charge in [0, 0.05) is 5.56 Å². The van der Waals surface area contributed by atoms with Crippen LogP contribution in [0.1, 0.15) is 10.1 Å². The van der Waals surface area contributed by atoms with Gasteiger partial charge in [-0.05, 0) is 18.6 Å². The van der Waals surface area contributed by atoms with E-state index in [0.717, 1.165) is 5.56 Å². The summed E-state index contributed by atoms with van der Waals surface area (Å²) in [6.07, 6.45) is 3.98. The summed E-state index contributed by atoms with van der Waals surface area (Å²) in [7, 11) is 0. The summed E-state index contributed by atoms with van der Waals surface area (Å²) in [6.45, 7) is 0. The zero-order valence-electron chi connectivity index (χ0n) is 7.58. The van der Waals surface area contributed by atoms with Gasteiger partial charge in [-0.1, -0.05) is 12.1 Å². The maximum absolute atomic E-state index is 13.1. The van der Waals surface area contributed by atoms with Crippen LogP contribution in [0, 0.1) is 5.82 Å². The summed E-state index contributed by atoms with van der Waals surface area (Å²) in [5.41, 5.74) is 6.78. The van der Waals surface area contributed by atoms with Gasteiger partial charge in [-0.15, -0.1) is 23.5 Å². The zero-order valence-corrected chi connectivity index (χ0v) is 9.21. The van der Waals surface area contributed by atoms with E-state index in [1.807, 2.05) is 18.6 Å². The molecule has 0 saturated carbocycles. The maximum atomic E-state index is 13.1. The predicted octanol–water partition coefficient (Wildman–Crippen LogP) is 3.13. The first-order chi connectivity index (χ1) is 6.20. The van der Waals surface area contributed by atoms with Crippen molar-refractivity contribution in [3.8, 4) is 0 Å². The molecule has 13 heavy (non-hydrogen) atoms. The summed E-state index contributed by atoms with van der Waals surface area (Å²) in [4.78, 5) is 0. The van der Waals surface area contributed by atoms with Gasteiger partial charge in [0.1, 0.15) is 5.82 Å². The van der Waals surface area contributed by atoms with Gasteiger partial charge < -0.3 is 5.73 Å². The van der Waals surface area contributed by atoms with Crippen LogP contribution in [0.25, 0.3) is 0 Å². The normalized spacial score (nSPS) is 10.8. The number of hydrogen-bond donors (Lipinski definition) is 1. The summed E-state index contributed by atoms with van der Waals surface area (Å²) < 4.78 is 13.3. The fourth-order valence-electron chi connectivity index (χ4n) is 1.11. The smallest absolute Gasteiger partial charge is 0.146 e. The number of anilines is 1. The fourth-order valence-corrected chi connectivity index (χ4v) is 2.80. The van der Waals surface area contributed by atoms with E-state index < -0.39 is 0 Å². The topological polar surface area (TPSA) is 26.0 Å². The summed E-state index contributed by atoms with van der Waals surface area (Å²) >= 11 is 3.32. The lowest BCUT2D eigenvalue weighted by molar-refractivity contribution is 0.631. The Balaban J connectivity index is 3.05. The molecule has 0 amide bonds. The number of para-hydroxylation sites is 1. The van der Waals surface area contributed by atoms with Gasteiger partial charge in [-0.3, -0.25) is 0 Å². The zero-order chi connectivity index (χ0) is 9.84. The average molecular weight is 217 g/mol. The maximum Gasteiger partial charge on any atom is 0.146 e. The summed E-state index contributed by atoms with van der Waals surface area (Å²) in [6, 6.07) is 4.95. The molecule has 0 spiro atoms. The second-order valence-electron chi connectivity index (χ2n) is 2.55. The largest absolute Gasteiger partial charge is 0.396 e. The number of benzene rings is 1. The average Bonchev–Trinajstić information content (AvgIpc) is 2.14. The molecule has 0 bridgehead atoms. The van der Waals surface area contributed by atoms with E-state index in [9.17, 15) is 4.39 Å². The van der Waals surface area contributed by atoms with E-state index in [-0.39, 0.29) is 16.1 Å². The van der Waals surface area contributed by atoms with Crippen molar-refractivity contribution in [3.63, 3.8) is 0 Å². The Kier molecular flexibility index (Phi) is 3.93. The van der Waals surface area contributed by atoms with E-state index in [1.165, 1.54) is 6.07 Å². The lowest BCUT2D eigenvalue weighted by Gasteiger charge is -2.14. The quantitative estimate of drug-likeness (QED) is 0.622. The minimum absolute atomic E-state index is 0.218. The van der Waals surface area contributed by atoms with E-state index in [0.29, 0.717) is 0 Å². The lowest BCUT2D eigenvalue weighted by atomic mass is 10.2. The molecule has 4 heteroatoms. The fraction of sp³-hybridized carbons (Fsp3) is 0.333. The van der Waals surface area contributed by atoms with Gasteiger partial charge in [0.05, 0.1) is 10.3 Å². The molecule has 1 aromatic rings. The molecule has 0 aliphatic heterocycles. The van der Waals surface area contributed by atoms with Crippen LogP contribution in [-0.4, -0.2) is 12.5 Å². The Morgan fingerprint density at radius 3 is 2.46 bits per heavy atom. The molecule has 1 rings (SSSR count). The minimum Gasteiger partial charge on any atom is -0.396 e. The van der Waals surface area contributed by atoms with Crippen molar-refractivity contribution in [3.05, 3.63) is 29.6 Å². The van der Waals surface area contributed by atoms with Crippen LogP contribution in [0.5, 0.6) is 0 Å². The van der Waals surface area contributed by atoms with Crippen molar-refractivity contribution < 1.29 is 4.39 Å². The molecule has 2 N–H and O–H groups in total. The molecule has 0 saturated heterocycles. The van der Waals surface area contributed by atoms with Crippen LogP contribution in [0.15, 0.2) is 18.2 Å². The Bertz CT molecular complexity index is 287. The number of hydrogen-bond acceptors (Lipinski definition) is 3. The Morgan fingerprint density at radius 2 is 1.92 bits per heavy atom. The van der Waals surface area contributed by atoms with Crippen LogP contribution in [0.2, 0.25) is 0 Å². The van der Waals surface area contributed by atoms with E-state index in [2.05, 4.69) is 0 Å². The van der Waals surface area contributed by atoms with Crippen molar-refractivity contribution in [2.75, 3.05) is 18.2 Å². The first-order valence-electron chi connectivity index (χ1n) is 3.80. The summed E-state index contributed by atoms with van der Waals surface area (Å²) in [5.74, 6) is -0.328. The SMILES string of the molecule is CSC(SC)c1cccc(F)c1N. The molecule has 0 fully saturated rings. The van der Waals surface area contributed by atoms with Gasteiger partial charge in [-0.2, -0.15) is 0 Å². The molecule has 0 aliphatic rings. The molecule has 0 heterocycles. The molecule has 1 aromatic carbocycles. The third-order valence-corrected chi connectivity index (χ3v) is 4.29. The third kappa shape index (κ3) is 2.31. The van der Waals surface area contributed by atoms with Crippen LogP contribution in [0.3, 0.4) is 0 Å². The predicted molar refractivity (Wildman–Crippen MR) is 60.6 cm³/mol. The van der Waals surface area contributed by atoms with Gasteiger partial charge in [0.25, 0.3) is 0 Å². The van der Waals surface area contributed by atoms with Crippen LogP contribution in [0.4, 0.5) is 10.1 Å². The van der Waals surface area contributed by atoms with Gasteiger partial charge >= 0.3 is 0 Å². The highest BCUT2D eigenvalue weighted by Crippen LogP contribution is 2.39. The number of nitrogen functional groups attached to an aromatic ring is 1. The molecular weight excluding hydrogens is 205 g/mol. The Labute approximate surface area is 86.3 Å². The van der Waals surface area contributed by atoms with E-state index in [1.54, 1.807) is 29.6 Å². The van der Waals surface area contributed by atoms with Gasteiger partial charge in [0.15, 0.2) is 0 Å². The molecule has 0 aliphatic carbocycles. The van der Waals surface area contributed by atoms with Crippen molar-refractivity contribution in [2.45, 2.75) is 4.58 Å². The Hall–Kier alpha value is -0.350. The second-order valence-corrected chi connectivity index (χ2v) is 4.73.